The lowest BCUT2D eigenvalue weighted by molar-refractivity contribution is -0.129. The zero-order valence-corrected chi connectivity index (χ0v) is 17.2. The topological polar surface area (TPSA) is 74.8 Å². The Morgan fingerprint density at radius 2 is 1.96 bits per heavy atom. The number of tetrazole rings is 1. The van der Waals surface area contributed by atoms with Crippen LogP contribution in [-0.2, 0) is 17.6 Å². The van der Waals surface area contributed by atoms with E-state index in [0.717, 1.165) is 88.0 Å². The highest BCUT2D eigenvalue weighted by molar-refractivity contribution is 6.30. The zero-order chi connectivity index (χ0) is 19.6. The molecule has 0 radical (unpaired) electrons. The summed E-state index contributed by atoms with van der Waals surface area (Å²) in [6.45, 7) is 0.903. The molecular formula is C21H30ClN5O. The molecule has 28 heavy (non-hydrogen) atoms. The summed E-state index contributed by atoms with van der Waals surface area (Å²) in [6.07, 6.45) is 11.5. The summed E-state index contributed by atoms with van der Waals surface area (Å²) in [5.74, 6) is 1.12. The lowest BCUT2D eigenvalue weighted by atomic mass is 10.0. The van der Waals surface area contributed by atoms with Crippen LogP contribution in [0.2, 0.25) is 5.02 Å². The molecule has 152 valence electrons. The molecule has 7 heteroatoms. The summed E-state index contributed by atoms with van der Waals surface area (Å²) in [5.41, 5.74) is 1.30. The van der Waals surface area contributed by atoms with Gasteiger partial charge < -0.3 is 4.90 Å². The number of nitrogens with zero attached hydrogens (tertiary/aromatic N) is 4. The van der Waals surface area contributed by atoms with Crippen LogP contribution in [-0.4, -0.2) is 44.0 Å². The van der Waals surface area contributed by atoms with Crippen LogP contribution in [0.25, 0.3) is 0 Å². The molecular weight excluding hydrogens is 374 g/mol. The van der Waals surface area contributed by atoms with Crippen molar-refractivity contribution in [3.63, 3.8) is 0 Å². The summed E-state index contributed by atoms with van der Waals surface area (Å²) in [5, 5.41) is 14.8. The predicted molar refractivity (Wildman–Crippen MR) is 110 cm³/mol. The van der Waals surface area contributed by atoms with E-state index in [1.54, 1.807) is 0 Å². The number of likely N-dealkylation sites (tertiary alicyclic amines) is 1. The quantitative estimate of drug-likeness (QED) is 0.534. The molecule has 2 heterocycles. The van der Waals surface area contributed by atoms with Gasteiger partial charge in [0.05, 0.1) is 0 Å². The number of carbonyl (C=O) groups is 1. The van der Waals surface area contributed by atoms with Gasteiger partial charge in [-0.2, -0.15) is 5.21 Å². The van der Waals surface area contributed by atoms with Gasteiger partial charge in [0.15, 0.2) is 5.82 Å². The third-order valence-electron chi connectivity index (χ3n) is 5.53. The van der Waals surface area contributed by atoms with Crippen LogP contribution in [0.5, 0.6) is 0 Å². The second-order valence-corrected chi connectivity index (χ2v) is 8.08. The van der Waals surface area contributed by atoms with Crippen molar-refractivity contribution in [3.8, 4) is 0 Å². The summed E-state index contributed by atoms with van der Waals surface area (Å²) < 4.78 is 0. The molecule has 0 unspecified atom stereocenters. The van der Waals surface area contributed by atoms with Crippen molar-refractivity contribution in [2.24, 2.45) is 0 Å². The molecule has 1 aromatic carbocycles. The normalized spacial score (nSPS) is 16.8. The van der Waals surface area contributed by atoms with Crippen LogP contribution in [0.15, 0.2) is 24.3 Å². The van der Waals surface area contributed by atoms with E-state index >= 15 is 0 Å². The molecule has 1 fully saturated rings. The highest BCUT2D eigenvalue weighted by Crippen LogP contribution is 2.24. The lowest BCUT2D eigenvalue weighted by Crippen LogP contribution is -2.33. The maximum atomic E-state index is 12.2. The molecule has 0 bridgehead atoms. The van der Waals surface area contributed by atoms with Gasteiger partial charge in [0.25, 0.3) is 0 Å². The number of nitrogens with one attached hydrogen (secondary N) is 1. The van der Waals surface area contributed by atoms with Gasteiger partial charge in [0, 0.05) is 30.5 Å². The average Bonchev–Trinajstić information content (AvgIpc) is 3.32. The van der Waals surface area contributed by atoms with Crippen molar-refractivity contribution in [2.45, 2.75) is 76.7 Å². The van der Waals surface area contributed by atoms with E-state index in [0.29, 0.717) is 11.9 Å². The number of hydrogen-bond acceptors (Lipinski definition) is 4. The summed E-state index contributed by atoms with van der Waals surface area (Å²) in [4.78, 5) is 14.4. The highest BCUT2D eigenvalue weighted by Gasteiger charge is 2.29. The first-order chi connectivity index (χ1) is 13.7. The minimum atomic E-state index is 0.339. The Hall–Kier alpha value is -1.95. The molecule has 0 aliphatic carbocycles. The van der Waals surface area contributed by atoms with E-state index < -0.39 is 0 Å². The SMILES string of the molecule is O=C1CC[C@H](CCCCc2cccc(Cl)c2)N1CCCCCCc1nn[nH]n1. The number of benzene rings is 1. The van der Waals surface area contributed by atoms with Gasteiger partial charge in [0.1, 0.15) is 0 Å². The second-order valence-electron chi connectivity index (χ2n) is 7.65. The predicted octanol–water partition coefficient (Wildman–Crippen LogP) is 4.36. The first-order valence-corrected chi connectivity index (χ1v) is 10.9. The Kier molecular flexibility index (Phi) is 8.27. The number of H-pyrrole nitrogens is 1. The molecule has 2 aromatic rings. The molecule has 1 amide bonds. The first kappa shape index (κ1) is 20.8. The standard InChI is InChI=1S/C21H30ClN5O/c22-18-10-7-9-17(16-18)8-4-5-11-19-13-14-21(28)27(19)15-6-2-1-3-12-20-23-25-26-24-20/h7,9-10,16,19H,1-6,8,11-15H2,(H,23,24,25,26)/t19-/m0/s1. The molecule has 1 aromatic heterocycles. The minimum Gasteiger partial charge on any atom is -0.340 e. The van der Waals surface area contributed by atoms with E-state index in [1.165, 1.54) is 5.56 Å². The Morgan fingerprint density at radius 1 is 1.11 bits per heavy atom. The van der Waals surface area contributed by atoms with E-state index in [2.05, 4.69) is 31.6 Å². The third kappa shape index (κ3) is 6.59. The minimum absolute atomic E-state index is 0.339. The van der Waals surface area contributed by atoms with Crippen LogP contribution in [0.3, 0.4) is 0 Å². The third-order valence-corrected chi connectivity index (χ3v) is 5.77. The number of halogens is 1. The Morgan fingerprint density at radius 3 is 2.79 bits per heavy atom. The van der Waals surface area contributed by atoms with Crippen molar-refractivity contribution in [3.05, 3.63) is 40.7 Å². The molecule has 3 rings (SSSR count). The highest BCUT2D eigenvalue weighted by atomic mass is 35.5. The number of unbranched alkanes of at least 4 members (excludes halogenated alkanes) is 4. The summed E-state index contributed by atoms with van der Waals surface area (Å²) in [6, 6.07) is 8.54. The number of aromatic amines is 1. The number of hydrogen-bond donors (Lipinski definition) is 1. The van der Waals surface area contributed by atoms with Crippen molar-refractivity contribution in [1.29, 1.82) is 0 Å². The number of aromatic nitrogens is 4. The van der Waals surface area contributed by atoms with E-state index in [9.17, 15) is 4.79 Å². The molecule has 1 atom stereocenters. The molecule has 1 aliphatic rings. The molecule has 0 spiro atoms. The van der Waals surface area contributed by atoms with Gasteiger partial charge in [-0.3, -0.25) is 4.79 Å². The molecule has 6 nitrogen and oxygen atoms in total. The monoisotopic (exact) mass is 403 g/mol. The maximum absolute atomic E-state index is 12.2. The first-order valence-electron chi connectivity index (χ1n) is 10.5. The van der Waals surface area contributed by atoms with Crippen molar-refractivity contribution < 1.29 is 4.79 Å². The van der Waals surface area contributed by atoms with Gasteiger partial charge >= 0.3 is 0 Å². The lowest BCUT2D eigenvalue weighted by Gasteiger charge is -2.25. The number of amides is 1. The fourth-order valence-electron chi connectivity index (χ4n) is 4.01. The number of aryl methyl sites for hydroxylation is 2. The Labute approximate surface area is 172 Å². The molecule has 1 saturated heterocycles. The van der Waals surface area contributed by atoms with Gasteiger partial charge in [-0.05, 0) is 56.2 Å². The van der Waals surface area contributed by atoms with Crippen LogP contribution in [0, 0.1) is 0 Å². The van der Waals surface area contributed by atoms with Crippen LogP contribution >= 0.6 is 11.6 Å². The summed E-state index contributed by atoms with van der Waals surface area (Å²) >= 11 is 6.05. The average molecular weight is 404 g/mol. The van der Waals surface area contributed by atoms with Crippen molar-refractivity contribution >= 4 is 17.5 Å². The van der Waals surface area contributed by atoms with Gasteiger partial charge in [-0.1, -0.05) is 48.2 Å². The van der Waals surface area contributed by atoms with Crippen LogP contribution < -0.4 is 0 Å². The molecule has 0 saturated carbocycles. The fourth-order valence-corrected chi connectivity index (χ4v) is 4.22. The fraction of sp³-hybridized carbons (Fsp3) is 0.619. The maximum Gasteiger partial charge on any atom is 0.222 e. The van der Waals surface area contributed by atoms with E-state index in [-0.39, 0.29) is 0 Å². The zero-order valence-electron chi connectivity index (χ0n) is 16.4. The summed E-state index contributed by atoms with van der Waals surface area (Å²) in [7, 11) is 0. The number of rotatable bonds is 12. The van der Waals surface area contributed by atoms with Gasteiger partial charge in [-0.25, -0.2) is 0 Å². The van der Waals surface area contributed by atoms with E-state index in [4.69, 9.17) is 11.6 Å². The van der Waals surface area contributed by atoms with Crippen molar-refractivity contribution in [1.82, 2.24) is 25.5 Å². The smallest absolute Gasteiger partial charge is 0.222 e. The Bertz CT molecular complexity index is 721. The van der Waals surface area contributed by atoms with Crippen LogP contribution in [0.1, 0.15) is 69.2 Å². The van der Waals surface area contributed by atoms with Gasteiger partial charge in [0.2, 0.25) is 5.91 Å². The van der Waals surface area contributed by atoms with Gasteiger partial charge in [-0.15, -0.1) is 10.2 Å². The van der Waals surface area contributed by atoms with Crippen molar-refractivity contribution in [2.75, 3.05) is 6.54 Å². The molecule has 1 N–H and O–H groups in total. The molecule has 1 aliphatic heterocycles. The van der Waals surface area contributed by atoms with E-state index in [1.807, 2.05) is 18.2 Å². The number of carbonyl (C=O) groups excluding carboxylic acids is 1. The largest absolute Gasteiger partial charge is 0.340 e. The Balaban J connectivity index is 1.29. The van der Waals surface area contributed by atoms with Crippen LogP contribution in [0.4, 0.5) is 0 Å². The second kappa shape index (κ2) is 11.1.